The highest BCUT2D eigenvalue weighted by molar-refractivity contribution is 8.01. The van der Waals surface area contributed by atoms with E-state index in [2.05, 4.69) is 46.8 Å². The molecular formula is C18H23N5OS2. The van der Waals surface area contributed by atoms with Crippen LogP contribution in [-0.4, -0.2) is 27.4 Å². The van der Waals surface area contributed by atoms with Gasteiger partial charge in [0.2, 0.25) is 11.0 Å². The Labute approximate surface area is 162 Å². The van der Waals surface area contributed by atoms with E-state index < -0.39 is 5.54 Å². The van der Waals surface area contributed by atoms with Crippen molar-refractivity contribution in [2.45, 2.75) is 44.5 Å². The van der Waals surface area contributed by atoms with Crippen LogP contribution in [0.25, 0.3) is 0 Å². The molecular weight excluding hydrogens is 366 g/mol. The largest absolute Gasteiger partial charge is 0.337 e. The van der Waals surface area contributed by atoms with Gasteiger partial charge in [-0.05, 0) is 43.9 Å². The van der Waals surface area contributed by atoms with Gasteiger partial charge in [0, 0.05) is 5.69 Å². The lowest BCUT2D eigenvalue weighted by Crippen LogP contribution is -2.49. The number of benzene rings is 1. The van der Waals surface area contributed by atoms with Crippen LogP contribution in [0.3, 0.4) is 0 Å². The molecule has 0 bridgehead atoms. The lowest BCUT2D eigenvalue weighted by molar-refractivity contribution is -0.120. The number of hydrogen-bond acceptors (Lipinski definition) is 7. The van der Waals surface area contributed by atoms with Crippen molar-refractivity contribution >= 4 is 39.8 Å². The van der Waals surface area contributed by atoms with Gasteiger partial charge in [0.15, 0.2) is 4.34 Å². The first-order chi connectivity index (χ1) is 12.2. The predicted molar refractivity (Wildman–Crippen MR) is 107 cm³/mol. The molecule has 0 radical (unpaired) electrons. The van der Waals surface area contributed by atoms with Gasteiger partial charge in [-0.25, -0.2) is 0 Å². The van der Waals surface area contributed by atoms with E-state index in [4.69, 9.17) is 0 Å². The molecule has 8 heteroatoms. The Bertz CT molecular complexity index is 827. The first-order valence-electron chi connectivity index (χ1n) is 8.27. The van der Waals surface area contributed by atoms with E-state index in [1.54, 1.807) is 6.92 Å². The van der Waals surface area contributed by atoms with E-state index in [1.807, 2.05) is 26.0 Å². The quantitative estimate of drug-likeness (QED) is 0.694. The second-order valence-electron chi connectivity index (χ2n) is 6.55. The van der Waals surface area contributed by atoms with Crippen LogP contribution < -0.4 is 10.6 Å². The van der Waals surface area contributed by atoms with Crippen LogP contribution in [0.2, 0.25) is 0 Å². The minimum absolute atomic E-state index is 0.0244. The van der Waals surface area contributed by atoms with E-state index in [9.17, 15) is 10.1 Å². The molecule has 6 nitrogen and oxygen atoms in total. The van der Waals surface area contributed by atoms with E-state index >= 15 is 0 Å². The number of carbonyl (C=O) groups is 1. The molecule has 1 aromatic heterocycles. The number of amides is 1. The fourth-order valence-electron chi connectivity index (χ4n) is 2.07. The van der Waals surface area contributed by atoms with Crippen molar-refractivity contribution in [2.75, 3.05) is 11.1 Å². The molecule has 0 saturated heterocycles. The number of aromatic nitrogens is 2. The van der Waals surface area contributed by atoms with Crippen molar-refractivity contribution in [1.82, 2.24) is 15.5 Å². The van der Waals surface area contributed by atoms with Crippen LogP contribution in [0.1, 0.15) is 31.9 Å². The third-order valence-electron chi connectivity index (χ3n) is 4.37. The van der Waals surface area contributed by atoms with E-state index in [1.165, 1.54) is 34.2 Å². The zero-order chi connectivity index (χ0) is 19.3. The monoisotopic (exact) mass is 389 g/mol. The Kier molecular flexibility index (Phi) is 6.62. The fourth-order valence-corrected chi connectivity index (χ4v) is 3.64. The molecule has 0 aliphatic carbocycles. The second kappa shape index (κ2) is 8.52. The molecule has 1 amide bonds. The van der Waals surface area contributed by atoms with Crippen LogP contribution in [0.15, 0.2) is 22.5 Å². The van der Waals surface area contributed by atoms with Crippen molar-refractivity contribution in [1.29, 1.82) is 5.26 Å². The number of nitriles is 1. The summed E-state index contributed by atoms with van der Waals surface area (Å²) in [5.74, 6) is 0.0329. The zero-order valence-corrected chi connectivity index (χ0v) is 17.2. The maximum absolute atomic E-state index is 12.1. The molecule has 0 spiro atoms. The van der Waals surface area contributed by atoms with Crippen LogP contribution in [-0.2, 0) is 4.79 Å². The number of hydrogen-bond donors (Lipinski definition) is 2. The van der Waals surface area contributed by atoms with Crippen molar-refractivity contribution in [2.24, 2.45) is 5.92 Å². The van der Waals surface area contributed by atoms with Crippen LogP contribution >= 0.6 is 23.1 Å². The zero-order valence-electron chi connectivity index (χ0n) is 15.6. The number of carbonyl (C=O) groups excluding carboxylic acids is 1. The lowest BCUT2D eigenvalue weighted by atomic mass is 9.90. The van der Waals surface area contributed by atoms with Gasteiger partial charge in [-0.15, -0.1) is 10.2 Å². The Hall–Kier alpha value is -2.11. The van der Waals surface area contributed by atoms with E-state index in [0.717, 1.165) is 5.69 Å². The molecule has 0 aliphatic rings. The summed E-state index contributed by atoms with van der Waals surface area (Å²) in [5, 5.41) is 24.3. The average molecular weight is 390 g/mol. The van der Waals surface area contributed by atoms with Crippen molar-refractivity contribution in [3.05, 3.63) is 29.3 Å². The van der Waals surface area contributed by atoms with Crippen LogP contribution in [0, 0.1) is 31.1 Å². The molecule has 1 heterocycles. The van der Waals surface area contributed by atoms with Gasteiger partial charge < -0.3 is 10.6 Å². The maximum atomic E-state index is 12.1. The number of anilines is 2. The van der Waals surface area contributed by atoms with Gasteiger partial charge in [-0.3, -0.25) is 4.79 Å². The van der Waals surface area contributed by atoms with Crippen LogP contribution in [0.5, 0.6) is 0 Å². The molecule has 0 unspecified atom stereocenters. The second-order valence-corrected chi connectivity index (χ2v) is 8.75. The number of nitrogens with one attached hydrogen (secondary N) is 2. The number of rotatable bonds is 7. The smallest absolute Gasteiger partial charge is 0.231 e. The molecule has 2 aromatic rings. The van der Waals surface area contributed by atoms with Gasteiger partial charge >= 0.3 is 0 Å². The first kappa shape index (κ1) is 20.2. The lowest BCUT2D eigenvalue weighted by Gasteiger charge is -2.27. The third kappa shape index (κ3) is 4.96. The number of nitrogens with zero attached hydrogens (tertiary/aromatic N) is 3. The minimum Gasteiger partial charge on any atom is -0.337 e. The Balaban J connectivity index is 1.93. The van der Waals surface area contributed by atoms with E-state index in [-0.39, 0.29) is 17.6 Å². The summed E-state index contributed by atoms with van der Waals surface area (Å²) in [7, 11) is 0. The molecule has 1 aromatic carbocycles. The molecule has 0 aliphatic heterocycles. The molecule has 138 valence electrons. The van der Waals surface area contributed by atoms with Gasteiger partial charge in [-0.1, -0.05) is 49.1 Å². The Morgan fingerprint density at radius 2 is 2.12 bits per heavy atom. The summed E-state index contributed by atoms with van der Waals surface area (Å²) in [6.07, 6.45) is 0. The average Bonchev–Trinajstić information content (AvgIpc) is 3.04. The van der Waals surface area contributed by atoms with Crippen molar-refractivity contribution in [3.63, 3.8) is 0 Å². The Morgan fingerprint density at radius 3 is 2.77 bits per heavy atom. The molecule has 0 fully saturated rings. The fraction of sp³-hybridized carbons (Fsp3) is 0.444. The molecule has 2 rings (SSSR count). The summed E-state index contributed by atoms with van der Waals surface area (Å²) in [6, 6.07) is 8.23. The SMILES string of the molecule is Cc1cccc(Nc2nnc(SCC(=O)N[C@@](C)(C#N)C(C)C)s2)c1C. The van der Waals surface area contributed by atoms with Gasteiger partial charge in [0.1, 0.15) is 5.54 Å². The van der Waals surface area contributed by atoms with E-state index in [0.29, 0.717) is 9.47 Å². The predicted octanol–water partition coefficient (Wildman–Crippen LogP) is 4.05. The van der Waals surface area contributed by atoms with Gasteiger partial charge in [0.05, 0.1) is 11.8 Å². The summed E-state index contributed by atoms with van der Waals surface area (Å²) in [5.41, 5.74) is 2.50. The van der Waals surface area contributed by atoms with Gasteiger partial charge in [0.25, 0.3) is 0 Å². The van der Waals surface area contributed by atoms with Gasteiger partial charge in [-0.2, -0.15) is 5.26 Å². The molecule has 1 atom stereocenters. The highest BCUT2D eigenvalue weighted by atomic mass is 32.2. The molecule has 0 saturated carbocycles. The Morgan fingerprint density at radius 1 is 1.38 bits per heavy atom. The highest BCUT2D eigenvalue weighted by Gasteiger charge is 2.29. The summed E-state index contributed by atoms with van der Waals surface area (Å²) in [6.45, 7) is 9.67. The highest BCUT2D eigenvalue weighted by Crippen LogP contribution is 2.29. The standard InChI is InChI=1S/C18H23N5OS2/c1-11(2)18(5,10-19)21-15(24)9-25-17-23-22-16(26-17)20-14-8-6-7-12(3)13(14)4/h6-8,11H,9H2,1-5H3,(H,20,22)(H,21,24)/t18-/m0/s1. The number of aryl methyl sites for hydroxylation is 1. The maximum Gasteiger partial charge on any atom is 0.231 e. The minimum atomic E-state index is -0.867. The number of thioether (sulfide) groups is 1. The first-order valence-corrected chi connectivity index (χ1v) is 10.1. The topological polar surface area (TPSA) is 90.7 Å². The summed E-state index contributed by atoms with van der Waals surface area (Å²) >= 11 is 2.71. The van der Waals surface area contributed by atoms with Crippen molar-refractivity contribution in [3.8, 4) is 6.07 Å². The van der Waals surface area contributed by atoms with Crippen molar-refractivity contribution < 1.29 is 4.79 Å². The van der Waals surface area contributed by atoms with Crippen LogP contribution in [0.4, 0.5) is 10.8 Å². The third-order valence-corrected chi connectivity index (χ3v) is 6.34. The summed E-state index contributed by atoms with van der Waals surface area (Å²) < 4.78 is 0.705. The molecule has 2 N–H and O–H groups in total. The molecule has 26 heavy (non-hydrogen) atoms. The summed E-state index contributed by atoms with van der Waals surface area (Å²) in [4.78, 5) is 12.1. The normalized spacial score (nSPS) is 13.1.